The normalized spacial score (nSPS) is 11.7. The second-order valence-electron chi connectivity index (χ2n) is 15.7. The van der Waals surface area contributed by atoms with Crippen LogP contribution in [0, 0.1) is 12.1 Å². The minimum absolute atomic E-state index is 0. The van der Waals surface area contributed by atoms with Gasteiger partial charge in [0.15, 0.2) is 0 Å². The Bertz CT molecular complexity index is 2740. The number of nitrogens with zero attached hydrogens (tertiary/aromatic N) is 3. The maximum atomic E-state index is 5.17. The van der Waals surface area contributed by atoms with E-state index in [0.29, 0.717) is 11.8 Å². The SMILES string of the molecule is CC(C)c1cccc(C(C)C)c1-n1c(-c2[c-]cc3sc4ccccc4c3c2)nc2ccccc21.[CH3][Ge]([CH3])([CH3])[c]1ccc(-c2[c-]ccc3ccccc23)nc1.[Ir]. The number of imidazole rings is 1. The summed E-state index contributed by atoms with van der Waals surface area (Å²) in [5.74, 6) is 8.92. The van der Waals surface area contributed by atoms with Crippen LogP contribution < -0.4 is 4.40 Å². The molecule has 0 saturated carbocycles. The van der Waals surface area contributed by atoms with Crippen molar-refractivity contribution in [3.8, 4) is 28.3 Å². The van der Waals surface area contributed by atoms with E-state index in [1.165, 1.54) is 52.2 Å². The van der Waals surface area contributed by atoms with Gasteiger partial charge in [0.25, 0.3) is 0 Å². The standard InChI is InChI=1S/C31H27N2S.C18H18GeN.Ir/c1-19(2)22-11-9-12-23(20(3)4)30(22)33-27-14-7-6-13-26(27)32-31(33)21-16-17-29-25(18-21)24-10-5-8-15-28(24)34-29;1-19(2,3)15-11-12-18(20-13-15)17-10-6-8-14-7-4-5-9-16(14)17;/h5-15,17-20H,1-4H3;4-9,11-13H,1-3H3;/q2*-1;. The van der Waals surface area contributed by atoms with Gasteiger partial charge in [-0.3, -0.25) is 4.98 Å². The number of hydrogen-bond acceptors (Lipinski definition) is 3. The third-order valence-corrected chi connectivity index (χ3v) is 15.7. The van der Waals surface area contributed by atoms with E-state index in [2.05, 4.69) is 194 Å². The maximum Gasteiger partial charge on any atom is 0 e. The molecule has 6 heteroatoms. The van der Waals surface area contributed by atoms with Gasteiger partial charge in [-0.1, -0.05) is 81.6 Å². The molecule has 0 N–H and O–H groups in total. The van der Waals surface area contributed by atoms with Crippen LogP contribution in [0.25, 0.3) is 70.3 Å². The molecular formula is C49H45GeIrN3S-2. The molecule has 277 valence electrons. The van der Waals surface area contributed by atoms with Gasteiger partial charge in [0.2, 0.25) is 0 Å². The number of pyridine rings is 1. The van der Waals surface area contributed by atoms with Crippen LogP contribution >= 0.6 is 11.3 Å². The first-order valence-corrected chi connectivity index (χ1v) is 27.0. The summed E-state index contributed by atoms with van der Waals surface area (Å²) in [7, 11) is 0. The second-order valence-corrected chi connectivity index (χ2v) is 27.4. The van der Waals surface area contributed by atoms with Crippen molar-refractivity contribution in [3.05, 3.63) is 157 Å². The van der Waals surface area contributed by atoms with Gasteiger partial charge in [-0.05, 0) is 51.2 Å². The predicted octanol–water partition coefficient (Wildman–Crippen LogP) is 13.4. The van der Waals surface area contributed by atoms with E-state index in [0.717, 1.165) is 33.7 Å². The van der Waals surface area contributed by atoms with Gasteiger partial charge >= 0.3 is 123 Å². The minimum atomic E-state index is -1.78. The molecule has 0 bridgehead atoms. The van der Waals surface area contributed by atoms with E-state index in [9.17, 15) is 0 Å². The molecule has 0 amide bonds. The topological polar surface area (TPSA) is 30.7 Å². The fraction of sp³-hybridized carbons (Fsp3) is 0.184. The summed E-state index contributed by atoms with van der Waals surface area (Å²) in [5, 5.41) is 5.02. The molecule has 3 aromatic heterocycles. The van der Waals surface area contributed by atoms with E-state index in [1.807, 2.05) is 17.4 Å². The third-order valence-electron chi connectivity index (χ3n) is 10.3. The average molecular weight is 973 g/mol. The Labute approximate surface area is 345 Å². The Morgan fingerprint density at radius 2 is 1.36 bits per heavy atom. The van der Waals surface area contributed by atoms with Crippen LogP contribution in [0.5, 0.6) is 0 Å². The van der Waals surface area contributed by atoms with Crippen molar-refractivity contribution in [2.24, 2.45) is 0 Å². The van der Waals surface area contributed by atoms with Gasteiger partial charge in [-0.2, -0.15) is 11.3 Å². The number of thiophene rings is 1. The molecule has 3 nitrogen and oxygen atoms in total. The van der Waals surface area contributed by atoms with Crippen LogP contribution in [0.4, 0.5) is 0 Å². The summed E-state index contributed by atoms with van der Waals surface area (Å²) in [4.78, 5) is 9.85. The number of hydrogen-bond donors (Lipinski definition) is 0. The molecule has 9 rings (SSSR count). The summed E-state index contributed by atoms with van der Waals surface area (Å²) in [6, 6.07) is 52.1. The Hall–Kier alpha value is -4.39. The van der Waals surface area contributed by atoms with Crippen molar-refractivity contribution < 1.29 is 20.1 Å². The molecule has 0 aliphatic heterocycles. The summed E-state index contributed by atoms with van der Waals surface area (Å²) < 4.78 is 6.39. The average Bonchev–Trinajstić information content (AvgIpc) is 3.75. The summed E-state index contributed by atoms with van der Waals surface area (Å²) in [6.07, 6.45) is 2.06. The fourth-order valence-electron chi connectivity index (χ4n) is 7.36. The summed E-state index contributed by atoms with van der Waals surface area (Å²) in [5.41, 5.74) is 9.23. The zero-order valence-corrected chi connectivity index (χ0v) is 37.7. The van der Waals surface area contributed by atoms with Gasteiger partial charge in [-0.15, -0.1) is 23.8 Å². The van der Waals surface area contributed by atoms with E-state index in [4.69, 9.17) is 4.98 Å². The van der Waals surface area contributed by atoms with E-state index >= 15 is 0 Å². The zero-order chi connectivity index (χ0) is 37.6. The van der Waals surface area contributed by atoms with Crippen LogP contribution in [-0.2, 0) is 20.1 Å². The summed E-state index contributed by atoms with van der Waals surface area (Å²) in [6.45, 7) is 9.10. The minimum Gasteiger partial charge on any atom is 0 e. The van der Waals surface area contributed by atoms with Gasteiger partial charge in [-0.25, -0.2) is 0 Å². The van der Waals surface area contributed by atoms with Crippen molar-refractivity contribution in [2.45, 2.75) is 56.8 Å². The molecule has 55 heavy (non-hydrogen) atoms. The summed E-state index contributed by atoms with van der Waals surface area (Å²) >= 11 is 0.0461. The molecule has 3 heterocycles. The number of rotatable bonds is 6. The van der Waals surface area contributed by atoms with E-state index in [-0.39, 0.29) is 20.1 Å². The molecule has 0 aliphatic rings. The molecule has 0 atom stereocenters. The molecule has 0 aliphatic carbocycles. The maximum absolute atomic E-state index is 5.17. The number of aromatic nitrogens is 3. The van der Waals surface area contributed by atoms with Crippen molar-refractivity contribution in [1.29, 1.82) is 0 Å². The van der Waals surface area contributed by atoms with Crippen LogP contribution in [0.1, 0.15) is 50.7 Å². The number of para-hydroxylation sites is 3. The predicted molar refractivity (Wildman–Crippen MR) is 235 cm³/mol. The molecule has 1 radical (unpaired) electrons. The van der Waals surface area contributed by atoms with Gasteiger partial charge in [0, 0.05) is 30.5 Å². The van der Waals surface area contributed by atoms with E-state index < -0.39 is 13.3 Å². The van der Waals surface area contributed by atoms with E-state index in [1.54, 1.807) is 0 Å². The zero-order valence-electron chi connectivity index (χ0n) is 32.4. The van der Waals surface area contributed by atoms with Gasteiger partial charge < -0.3 is 4.57 Å². The first-order chi connectivity index (χ1) is 26.1. The first kappa shape index (κ1) is 38.9. The Morgan fingerprint density at radius 3 is 2.07 bits per heavy atom. The molecule has 0 saturated heterocycles. The van der Waals surface area contributed by atoms with Crippen LogP contribution in [-0.4, -0.2) is 27.8 Å². The van der Waals surface area contributed by atoms with Gasteiger partial charge in [0.1, 0.15) is 0 Å². The third kappa shape index (κ3) is 7.60. The largest absolute Gasteiger partial charge is 0 e. The van der Waals surface area contributed by atoms with Crippen LogP contribution in [0.15, 0.2) is 134 Å². The van der Waals surface area contributed by atoms with Crippen LogP contribution in [0.2, 0.25) is 17.3 Å². The Kier molecular flexibility index (Phi) is 11.3. The Morgan fingerprint density at radius 1 is 0.673 bits per heavy atom. The number of fused-ring (bicyclic) bond motifs is 5. The van der Waals surface area contributed by atoms with Crippen LogP contribution in [0.3, 0.4) is 0 Å². The second kappa shape index (κ2) is 16.0. The number of benzene rings is 6. The van der Waals surface area contributed by atoms with Crippen molar-refractivity contribution in [1.82, 2.24) is 14.5 Å². The quantitative estimate of drug-likeness (QED) is 0.123. The molecule has 0 spiro atoms. The molecule has 6 aromatic carbocycles. The van der Waals surface area contributed by atoms with Gasteiger partial charge in [0.05, 0.1) is 16.9 Å². The van der Waals surface area contributed by atoms with Crippen molar-refractivity contribution in [2.75, 3.05) is 0 Å². The molecule has 9 aromatic rings. The van der Waals surface area contributed by atoms with Crippen molar-refractivity contribution in [3.63, 3.8) is 0 Å². The van der Waals surface area contributed by atoms with Crippen molar-refractivity contribution >= 4 is 71.0 Å². The first-order valence-electron chi connectivity index (χ1n) is 18.9. The molecule has 0 fully saturated rings. The molecular weight excluding hydrogens is 927 g/mol. The molecule has 0 unspecified atom stereocenters. The Balaban J connectivity index is 0.000000190. The smallest absolute Gasteiger partial charge is 0 e. The monoisotopic (exact) mass is 974 g/mol. The fourth-order valence-corrected chi connectivity index (χ4v) is 10.6.